The molecule has 0 aliphatic carbocycles. The quantitative estimate of drug-likeness (QED) is 0.633. The highest BCUT2D eigenvalue weighted by atomic mass is 35.5. The van der Waals surface area contributed by atoms with Crippen LogP contribution in [0.4, 0.5) is 11.4 Å². The summed E-state index contributed by atoms with van der Waals surface area (Å²) >= 11 is 7.78. The first-order chi connectivity index (χ1) is 12.5. The Morgan fingerprint density at radius 1 is 1.15 bits per heavy atom. The molecule has 2 aromatic carbocycles. The van der Waals surface area contributed by atoms with Crippen LogP contribution in [0.15, 0.2) is 42.5 Å². The molecule has 0 fully saturated rings. The summed E-state index contributed by atoms with van der Waals surface area (Å²) < 4.78 is 1.16. The number of thiazole rings is 1. The Morgan fingerprint density at radius 3 is 2.73 bits per heavy atom. The number of amides is 2. The highest BCUT2D eigenvalue weighted by Gasteiger charge is 2.09. The molecule has 5 nitrogen and oxygen atoms in total. The molecule has 0 bridgehead atoms. The number of aromatic nitrogens is 1. The van der Waals surface area contributed by atoms with Gasteiger partial charge >= 0.3 is 0 Å². The number of rotatable bonds is 6. The van der Waals surface area contributed by atoms with E-state index in [0.717, 1.165) is 21.6 Å². The molecule has 26 heavy (non-hydrogen) atoms. The topological polar surface area (TPSA) is 71.1 Å². The van der Waals surface area contributed by atoms with Crippen molar-refractivity contribution in [2.45, 2.75) is 26.2 Å². The molecule has 1 aromatic heterocycles. The fourth-order valence-corrected chi connectivity index (χ4v) is 3.72. The van der Waals surface area contributed by atoms with Gasteiger partial charge in [-0.25, -0.2) is 4.98 Å². The second kappa shape index (κ2) is 8.29. The van der Waals surface area contributed by atoms with Gasteiger partial charge in [0, 0.05) is 19.0 Å². The van der Waals surface area contributed by atoms with Gasteiger partial charge in [0.15, 0.2) is 0 Å². The van der Waals surface area contributed by atoms with Gasteiger partial charge in [-0.2, -0.15) is 0 Å². The van der Waals surface area contributed by atoms with Gasteiger partial charge < -0.3 is 10.6 Å². The van der Waals surface area contributed by atoms with Gasteiger partial charge in [-0.05, 0) is 43.2 Å². The Balaban J connectivity index is 1.54. The van der Waals surface area contributed by atoms with Crippen molar-refractivity contribution in [3.8, 4) is 0 Å². The maximum Gasteiger partial charge on any atom is 0.224 e. The van der Waals surface area contributed by atoms with Gasteiger partial charge in [0.2, 0.25) is 11.8 Å². The lowest BCUT2D eigenvalue weighted by Gasteiger charge is -2.09. The largest absolute Gasteiger partial charge is 0.326 e. The van der Waals surface area contributed by atoms with Crippen LogP contribution >= 0.6 is 22.9 Å². The number of nitrogens with zero attached hydrogens (tertiary/aromatic N) is 1. The zero-order valence-corrected chi connectivity index (χ0v) is 15.8. The third-order valence-corrected chi connectivity index (χ3v) is 5.12. The molecule has 0 radical (unpaired) electrons. The molecule has 0 atom stereocenters. The summed E-state index contributed by atoms with van der Waals surface area (Å²) in [6.45, 7) is 1.43. The summed E-state index contributed by atoms with van der Waals surface area (Å²) in [5.74, 6) is -0.298. The van der Waals surface area contributed by atoms with Crippen LogP contribution in [0.1, 0.15) is 24.8 Å². The van der Waals surface area contributed by atoms with Crippen LogP contribution in [0.3, 0.4) is 0 Å². The number of aryl methyl sites for hydroxylation is 1. The summed E-state index contributed by atoms with van der Waals surface area (Å²) in [5, 5.41) is 6.93. The van der Waals surface area contributed by atoms with Crippen molar-refractivity contribution in [3.63, 3.8) is 0 Å². The van der Waals surface area contributed by atoms with Crippen molar-refractivity contribution in [2.75, 3.05) is 10.6 Å². The smallest absolute Gasteiger partial charge is 0.224 e. The van der Waals surface area contributed by atoms with Gasteiger partial charge in [0.1, 0.15) is 0 Å². The molecule has 0 saturated carbocycles. The Morgan fingerprint density at radius 2 is 1.96 bits per heavy atom. The van der Waals surface area contributed by atoms with Crippen LogP contribution in [-0.4, -0.2) is 16.8 Å². The van der Waals surface area contributed by atoms with E-state index in [1.54, 1.807) is 29.5 Å². The lowest BCUT2D eigenvalue weighted by Crippen LogP contribution is -2.12. The normalized spacial score (nSPS) is 10.7. The van der Waals surface area contributed by atoms with Gasteiger partial charge in [-0.3, -0.25) is 9.59 Å². The highest BCUT2D eigenvalue weighted by Crippen LogP contribution is 2.26. The Hall–Kier alpha value is -2.44. The van der Waals surface area contributed by atoms with Crippen LogP contribution in [0.25, 0.3) is 10.2 Å². The van der Waals surface area contributed by atoms with Crippen LogP contribution in [0, 0.1) is 0 Å². The third kappa shape index (κ3) is 4.80. The predicted octanol–water partition coefficient (Wildman–Crippen LogP) is 4.87. The van der Waals surface area contributed by atoms with Crippen molar-refractivity contribution in [1.29, 1.82) is 0 Å². The van der Waals surface area contributed by atoms with E-state index in [0.29, 0.717) is 29.2 Å². The van der Waals surface area contributed by atoms with Gasteiger partial charge in [0.05, 0.1) is 25.9 Å². The number of nitrogens with one attached hydrogen (secondary N) is 2. The van der Waals surface area contributed by atoms with Crippen LogP contribution in [0.5, 0.6) is 0 Å². The minimum Gasteiger partial charge on any atom is -0.326 e. The summed E-state index contributed by atoms with van der Waals surface area (Å²) in [6.07, 6.45) is 1.83. The van der Waals surface area contributed by atoms with E-state index < -0.39 is 0 Å². The number of anilines is 2. The first kappa shape index (κ1) is 18.4. The summed E-state index contributed by atoms with van der Waals surface area (Å²) in [5.41, 5.74) is 2.08. The molecule has 0 saturated heterocycles. The van der Waals surface area contributed by atoms with Crippen LogP contribution < -0.4 is 10.6 Å². The predicted molar refractivity (Wildman–Crippen MR) is 107 cm³/mol. The fourth-order valence-electron chi connectivity index (χ4n) is 2.54. The third-order valence-electron chi connectivity index (χ3n) is 3.69. The molecule has 0 unspecified atom stereocenters. The molecule has 0 spiro atoms. The Bertz CT molecular complexity index is 922. The molecule has 0 aliphatic rings. The number of hydrogen-bond acceptors (Lipinski definition) is 4. The minimum atomic E-state index is -0.180. The molecule has 3 aromatic rings. The van der Waals surface area contributed by atoms with Crippen LogP contribution in [0.2, 0.25) is 5.02 Å². The summed E-state index contributed by atoms with van der Waals surface area (Å²) in [7, 11) is 0. The summed E-state index contributed by atoms with van der Waals surface area (Å²) in [4.78, 5) is 27.9. The number of carbonyl (C=O) groups excluding carboxylic acids is 2. The maximum atomic E-state index is 12.2. The maximum absolute atomic E-state index is 12.2. The average molecular weight is 388 g/mol. The van der Waals surface area contributed by atoms with Crippen molar-refractivity contribution >= 4 is 56.3 Å². The molecular formula is C19H18ClN3O2S. The molecule has 2 N–H and O–H groups in total. The number of benzene rings is 2. The Kier molecular flexibility index (Phi) is 5.85. The van der Waals surface area contributed by atoms with Gasteiger partial charge in [-0.15, -0.1) is 11.3 Å². The zero-order chi connectivity index (χ0) is 18.5. The van der Waals surface area contributed by atoms with E-state index >= 15 is 0 Å². The van der Waals surface area contributed by atoms with Crippen molar-refractivity contribution in [2.24, 2.45) is 0 Å². The molecule has 134 valence electrons. The SMILES string of the molecule is CC(=O)Nc1ccc(Cl)c(NC(=O)CCCc2nc3ccccc3s2)c1. The van der Waals surface area contributed by atoms with E-state index in [2.05, 4.69) is 15.6 Å². The summed E-state index contributed by atoms with van der Waals surface area (Å²) in [6, 6.07) is 13.0. The standard InChI is InChI=1S/C19H18ClN3O2S/c1-12(24)21-13-9-10-14(20)16(11-13)22-18(25)7-4-8-19-23-15-5-2-3-6-17(15)26-19/h2-3,5-6,9-11H,4,7-8H2,1H3,(H,21,24)(H,22,25). The van der Waals surface area contributed by atoms with E-state index in [1.807, 2.05) is 24.3 Å². The number of para-hydroxylation sites is 1. The van der Waals surface area contributed by atoms with E-state index in [9.17, 15) is 9.59 Å². The fraction of sp³-hybridized carbons (Fsp3) is 0.211. The number of fused-ring (bicyclic) bond motifs is 1. The van der Waals surface area contributed by atoms with Crippen LogP contribution in [-0.2, 0) is 16.0 Å². The van der Waals surface area contributed by atoms with Gasteiger partial charge in [0.25, 0.3) is 0 Å². The monoisotopic (exact) mass is 387 g/mol. The molecule has 7 heteroatoms. The Labute approximate surface area is 160 Å². The lowest BCUT2D eigenvalue weighted by atomic mass is 10.2. The van der Waals surface area contributed by atoms with Crippen molar-refractivity contribution in [1.82, 2.24) is 4.98 Å². The first-order valence-electron chi connectivity index (χ1n) is 8.23. The van der Waals surface area contributed by atoms with Gasteiger partial charge in [-0.1, -0.05) is 23.7 Å². The first-order valence-corrected chi connectivity index (χ1v) is 9.42. The number of carbonyl (C=O) groups is 2. The minimum absolute atomic E-state index is 0.118. The van der Waals surface area contributed by atoms with E-state index in [4.69, 9.17) is 11.6 Å². The second-order valence-corrected chi connectivity index (χ2v) is 7.38. The van der Waals surface area contributed by atoms with E-state index in [1.165, 1.54) is 6.92 Å². The number of halogens is 1. The number of hydrogen-bond donors (Lipinski definition) is 2. The van der Waals surface area contributed by atoms with Crippen molar-refractivity contribution in [3.05, 3.63) is 52.5 Å². The molecule has 0 aliphatic heterocycles. The molecule has 2 amide bonds. The molecular weight excluding hydrogens is 370 g/mol. The second-order valence-electron chi connectivity index (χ2n) is 5.85. The molecule has 1 heterocycles. The van der Waals surface area contributed by atoms with Crippen molar-refractivity contribution < 1.29 is 9.59 Å². The highest BCUT2D eigenvalue weighted by molar-refractivity contribution is 7.18. The van der Waals surface area contributed by atoms with E-state index in [-0.39, 0.29) is 11.8 Å². The average Bonchev–Trinajstić information content (AvgIpc) is 3.00. The lowest BCUT2D eigenvalue weighted by molar-refractivity contribution is -0.116. The zero-order valence-electron chi connectivity index (χ0n) is 14.2. The molecule has 3 rings (SSSR count).